The van der Waals surface area contributed by atoms with Gasteiger partial charge in [-0.1, -0.05) is 133 Å². The van der Waals surface area contributed by atoms with Crippen molar-refractivity contribution in [1.82, 2.24) is 0 Å². The molecule has 0 amide bonds. The highest BCUT2D eigenvalue weighted by molar-refractivity contribution is 6.20. The largest absolute Gasteiger partial charge is 0.455 e. The lowest BCUT2D eigenvalue weighted by Crippen LogP contribution is -2.10. The highest BCUT2D eigenvalue weighted by Gasteiger charge is 2.21. The molecule has 0 atom stereocenters. The van der Waals surface area contributed by atoms with Crippen molar-refractivity contribution >= 4 is 82.5 Å². The Morgan fingerprint density at radius 1 is 0.321 bits per heavy atom. The summed E-state index contributed by atoms with van der Waals surface area (Å²) >= 11 is 0. The lowest BCUT2D eigenvalue weighted by molar-refractivity contribution is 0.672. The Bertz CT molecular complexity index is 3160. The molecule has 53 heavy (non-hydrogen) atoms. The van der Waals surface area contributed by atoms with Crippen LogP contribution in [-0.2, 0) is 0 Å². The normalized spacial score (nSPS) is 11.8. The molecule has 0 fully saturated rings. The molecule has 0 N–H and O–H groups in total. The van der Waals surface area contributed by atoms with Crippen LogP contribution in [0.4, 0.5) is 17.1 Å². The van der Waals surface area contributed by atoms with Gasteiger partial charge in [-0.25, -0.2) is 0 Å². The first-order valence-corrected chi connectivity index (χ1v) is 18.0. The van der Waals surface area contributed by atoms with E-state index in [1.54, 1.807) is 0 Å². The van der Waals surface area contributed by atoms with Crippen molar-refractivity contribution in [3.05, 3.63) is 188 Å². The van der Waals surface area contributed by atoms with Crippen LogP contribution in [-0.4, -0.2) is 0 Å². The van der Waals surface area contributed by atoms with Crippen molar-refractivity contribution in [1.29, 1.82) is 0 Å². The molecule has 0 radical (unpaired) electrons. The summed E-state index contributed by atoms with van der Waals surface area (Å²) in [7, 11) is 0. The van der Waals surface area contributed by atoms with E-state index in [4.69, 9.17) is 8.83 Å². The molecule has 0 aliphatic carbocycles. The minimum Gasteiger partial charge on any atom is -0.455 e. The molecular formula is C50H31NO2. The molecule has 3 heteroatoms. The van der Waals surface area contributed by atoms with Crippen molar-refractivity contribution in [3.8, 4) is 22.3 Å². The van der Waals surface area contributed by atoms with E-state index in [9.17, 15) is 0 Å². The van der Waals surface area contributed by atoms with E-state index in [1.807, 2.05) is 0 Å². The third-order valence-electron chi connectivity index (χ3n) is 10.6. The number of rotatable bonds is 5. The second-order valence-corrected chi connectivity index (χ2v) is 13.7. The second kappa shape index (κ2) is 11.7. The van der Waals surface area contributed by atoms with E-state index in [2.05, 4.69) is 193 Å². The molecule has 0 saturated carbocycles. The molecule has 0 saturated heterocycles. The summed E-state index contributed by atoms with van der Waals surface area (Å²) in [5, 5.41) is 9.06. The fourth-order valence-electron chi connectivity index (χ4n) is 8.13. The Morgan fingerprint density at radius 3 is 1.77 bits per heavy atom. The predicted molar refractivity (Wildman–Crippen MR) is 222 cm³/mol. The number of nitrogens with zero attached hydrogens (tertiary/aromatic N) is 1. The average Bonchev–Trinajstić information content (AvgIpc) is 3.81. The quantitative estimate of drug-likeness (QED) is 0.182. The smallest absolute Gasteiger partial charge is 0.159 e. The zero-order valence-electron chi connectivity index (χ0n) is 28.7. The Balaban J connectivity index is 1.04. The van der Waals surface area contributed by atoms with Gasteiger partial charge in [-0.3, -0.25) is 0 Å². The fraction of sp³-hybridized carbons (Fsp3) is 0. The zero-order valence-corrected chi connectivity index (χ0v) is 28.7. The highest BCUT2D eigenvalue weighted by atomic mass is 16.3. The van der Waals surface area contributed by atoms with Crippen LogP contribution in [0.25, 0.3) is 87.7 Å². The molecule has 0 aliphatic rings. The summed E-state index contributed by atoms with van der Waals surface area (Å²) < 4.78 is 13.4. The van der Waals surface area contributed by atoms with Crippen LogP contribution in [0.3, 0.4) is 0 Å². The first-order valence-electron chi connectivity index (χ1n) is 18.0. The molecule has 9 aromatic carbocycles. The Hall–Kier alpha value is -7.10. The van der Waals surface area contributed by atoms with Crippen molar-refractivity contribution in [3.63, 3.8) is 0 Å². The molecule has 0 unspecified atom stereocenters. The van der Waals surface area contributed by atoms with Crippen molar-refractivity contribution in [2.75, 3.05) is 4.90 Å². The maximum atomic E-state index is 6.80. The molecule has 11 rings (SSSR count). The van der Waals surface area contributed by atoms with E-state index in [1.165, 1.54) is 21.9 Å². The van der Waals surface area contributed by atoms with Crippen LogP contribution in [0.5, 0.6) is 0 Å². The standard InChI is InChI=1S/C50H31NO2/c1-3-12-33(13-4-1)43-31-45-44-30-35(25-29-47(44)52-49(45)40-19-10-9-18-39(40)43)32-22-26-37(27-23-32)51(36-15-5-2-6-16-36)46-21-11-20-41-42-28-24-34-14-7-8-17-38(34)48(42)53-50(41)46/h1-31H. The van der Waals surface area contributed by atoms with Crippen molar-refractivity contribution in [2.24, 2.45) is 0 Å². The van der Waals surface area contributed by atoms with Crippen LogP contribution >= 0.6 is 0 Å². The summed E-state index contributed by atoms with van der Waals surface area (Å²) in [6.45, 7) is 0. The van der Waals surface area contributed by atoms with Crippen LogP contribution in [0, 0.1) is 0 Å². The van der Waals surface area contributed by atoms with E-state index in [-0.39, 0.29) is 0 Å². The minimum atomic E-state index is 0.867. The van der Waals surface area contributed by atoms with Crippen molar-refractivity contribution < 1.29 is 8.83 Å². The lowest BCUT2D eigenvalue weighted by atomic mass is 9.95. The molecule has 248 valence electrons. The minimum absolute atomic E-state index is 0.867. The third-order valence-corrected chi connectivity index (χ3v) is 10.6. The van der Waals surface area contributed by atoms with E-state index in [0.717, 1.165) is 82.8 Å². The summed E-state index contributed by atoms with van der Waals surface area (Å²) in [5.41, 5.74) is 11.4. The second-order valence-electron chi connectivity index (χ2n) is 13.7. The van der Waals surface area contributed by atoms with E-state index >= 15 is 0 Å². The number of hydrogen-bond donors (Lipinski definition) is 0. The predicted octanol–water partition coefficient (Wildman–Crippen LogP) is 14.6. The molecule has 0 aliphatic heterocycles. The van der Waals surface area contributed by atoms with Gasteiger partial charge < -0.3 is 13.7 Å². The highest BCUT2D eigenvalue weighted by Crippen LogP contribution is 2.45. The van der Waals surface area contributed by atoms with Crippen LogP contribution in [0.15, 0.2) is 197 Å². The third kappa shape index (κ3) is 4.68. The maximum Gasteiger partial charge on any atom is 0.159 e. The maximum absolute atomic E-state index is 6.80. The number of benzene rings is 9. The summed E-state index contributed by atoms with van der Waals surface area (Å²) in [6.07, 6.45) is 0. The number of furan rings is 2. The van der Waals surface area contributed by atoms with Gasteiger partial charge in [-0.2, -0.15) is 0 Å². The first kappa shape index (κ1) is 29.6. The summed E-state index contributed by atoms with van der Waals surface area (Å²) in [5.74, 6) is 0. The molecule has 0 bridgehead atoms. The fourth-order valence-corrected chi connectivity index (χ4v) is 8.13. The van der Waals surface area contributed by atoms with Gasteiger partial charge in [0.2, 0.25) is 0 Å². The lowest BCUT2D eigenvalue weighted by Gasteiger charge is -2.25. The Morgan fingerprint density at radius 2 is 0.943 bits per heavy atom. The first-order chi connectivity index (χ1) is 26.3. The Kier molecular flexibility index (Phi) is 6.55. The van der Waals surface area contributed by atoms with Crippen molar-refractivity contribution in [2.45, 2.75) is 0 Å². The van der Waals surface area contributed by atoms with E-state index in [0.29, 0.717) is 0 Å². The number of fused-ring (bicyclic) bond motifs is 10. The van der Waals surface area contributed by atoms with Crippen LogP contribution in [0.1, 0.15) is 0 Å². The SMILES string of the molecule is c1ccc(-c2cc3c4cc(-c5ccc(N(c6ccccc6)c6cccc7c6oc6c8ccccc8ccc76)cc5)ccc4oc3c3ccccc23)cc1. The molecule has 3 nitrogen and oxygen atoms in total. The van der Waals surface area contributed by atoms with Gasteiger partial charge in [0.15, 0.2) is 5.58 Å². The number of para-hydroxylation sites is 2. The number of hydrogen-bond acceptors (Lipinski definition) is 3. The van der Waals surface area contributed by atoms with Gasteiger partial charge in [0.05, 0.1) is 5.69 Å². The van der Waals surface area contributed by atoms with Gasteiger partial charge in [0.25, 0.3) is 0 Å². The topological polar surface area (TPSA) is 29.5 Å². The van der Waals surface area contributed by atoms with Gasteiger partial charge >= 0.3 is 0 Å². The van der Waals surface area contributed by atoms with Gasteiger partial charge in [-0.15, -0.1) is 0 Å². The molecule has 11 aromatic rings. The van der Waals surface area contributed by atoms with Gasteiger partial charge in [0, 0.05) is 43.7 Å². The van der Waals surface area contributed by atoms with Gasteiger partial charge in [0.1, 0.15) is 16.7 Å². The summed E-state index contributed by atoms with van der Waals surface area (Å²) in [6, 6.07) is 66.6. The summed E-state index contributed by atoms with van der Waals surface area (Å²) in [4.78, 5) is 2.29. The van der Waals surface area contributed by atoms with Crippen LogP contribution < -0.4 is 4.90 Å². The molecule has 2 aromatic heterocycles. The zero-order chi connectivity index (χ0) is 34.9. The average molecular weight is 678 g/mol. The Labute approximate surface area is 305 Å². The molecule has 2 heterocycles. The molecular weight excluding hydrogens is 647 g/mol. The van der Waals surface area contributed by atoms with E-state index < -0.39 is 0 Å². The van der Waals surface area contributed by atoms with Crippen LogP contribution in [0.2, 0.25) is 0 Å². The van der Waals surface area contributed by atoms with Gasteiger partial charge in [-0.05, 0) is 87.6 Å². The number of anilines is 3. The monoisotopic (exact) mass is 677 g/mol. The molecule has 0 spiro atoms.